The van der Waals surface area contributed by atoms with E-state index < -0.39 is 40.9 Å². The molecule has 0 bridgehead atoms. The van der Waals surface area contributed by atoms with Crippen LogP contribution in [0.15, 0.2) is 67.0 Å². The van der Waals surface area contributed by atoms with E-state index in [1.165, 1.54) is 44.4 Å². The minimum absolute atomic E-state index is 0.129. The topological polar surface area (TPSA) is 170 Å². The molecule has 0 unspecified atom stereocenters. The summed E-state index contributed by atoms with van der Waals surface area (Å²) in [7, 11) is 0. The van der Waals surface area contributed by atoms with Crippen molar-refractivity contribution < 1.29 is 56.0 Å². The minimum Gasteiger partial charge on any atom is -0.490 e. The average Bonchev–Trinajstić information content (AvgIpc) is 3.67. The van der Waals surface area contributed by atoms with Crippen molar-refractivity contribution >= 4 is 34.7 Å². The molecule has 18 heteroatoms. The number of carbonyl (C=O) groups excluding carboxylic acids is 2. The van der Waals surface area contributed by atoms with E-state index in [2.05, 4.69) is 25.2 Å². The van der Waals surface area contributed by atoms with E-state index in [4.69, 9.17) is 19.4 Å². The summed E-state index contributed by atoms with van der Waals surface area (Å²) in [4.78, 5) is 51.1. The Morgan fingerprint density at radius 2 is 1.52 bits per heavy atom. The Bertz CT molecular complexity index is 2500. The fraction of sp³-hybridized carbons (Fsp3) is 0.426. The van der Waals surface area contributed by atoms with Crippen molar-refractivity contribution in [2.24, 2.45) is 5.92 Å². The lowest BCUT2D eigenvalue weighted by molar-refractivity contribution is -0.192. The quantitative estimate of drug-likeness (QED) is 0.105. The summed E-state index contributed by atoms with van der Waals surface area (Å²) in [5, 5.41) is 20.7. The molecule has 0 radical (unpaired) electrons. The first-order valence-electron chi connectivity index (χ1n) is 21.2. The molecule has 0 spiro atoms. The second-order valence-corrected chi connectivity index (χ2v) is 17.9. The van der Waals surface area contributed by atoms with Gasteiger partial charge >= 0.3 is 18.2 Å². The molecule has 0 saturated carbocycles. The zero-order valence-electron chi connectivity index (χ0n) is 37.0. The number of hydrogen-bond donors (Lipinski definition) is 4. The van der Waals surface area contributed by atoms with Gasteiger partial charge in [0, 0.05) is 55.1 Å². The van der Waals surface area contributed by atoms with Gasteiger partial charge in [0.2, 0.25) is 0 Å². The Morgan fingerprint density at radius 1 is 0.877 bits per heavy atom. The van der Waals surface area contributed by atoms with Crippen molar-refractivity contribution in [1.82, 2.24) is 24.8 Å². The predicted octanol–water partition coefficient (Wildman–Crippen LogP) is 9.48. The fourth-order valence-electron chi connectivity index (χ4n) is 7.74. The molecule has 65 heavy (non-hydrogen) atoms. The van der Waals surface area contributed by atoms with E-state index in [1.54, 1.807) is 6.92 Å². The minimum atomic E-state index is -5.08. The number of aromatic amines is 1. The van der Waals surface area contributed by atoms with Crippen molar-refractivity contribution in [3.63, 3.8) is 0 Å². The van der Waals surface area contributed by atoms with Gasteiger partial charge in [0.25, 0.3) is 5.91 Å². The van der Waals surface area contributed by atoms with Gasteiger partial charge in [0.15, 0.2) is 0 Å². The molecule has 0 atom stereocenters. The molecule has 7 rings (SSSR count). The Kier molecular flexibility index (Phi) is 14.5. The van der Waals surface area contributed by atoms with Crippen molar-refractivity contribution in [1.29, 1.82) is 0 Å². The van der Waals surface area contributed by atoms with E-state index in [1.807, 2.05) is 56.0 Å². The molecule has 2 aliphatic rings. The normalized spacial score (nSPS) is 15.6. The number of amides is 2. The van der Waals surface area contributed by atoms with Crippen LogP contribution in [0.25, 0.3) is 33.5 Å². The highest BCUT2D eigenvalue weighted by Gasteiger charge is 2.38. The monoisotopic (exact) mass is 908 g/mol. The van der Waals surface area contributed by atoms with E-state index >= 15 is 4.39 Å². The molecule has 2 saturated heterocycles. The Hall–Kier alpha value is -6.14. The van der Waals surface area contributed by atoms with Gasteiger partial charge in [-0.05, 0) is 144 Å². The number of aromatic nitrogens is 3. The van der Waals surface area contributed by atoms with Crippen molar-refractivity contribution in [3.8, 4) is 28.3 Å². The van der Waals surface area contributed by atoms with Gasteiger partial charge in [-0.1, -0.05) is 6.07 Å². The molecule has 4 N–H and O–H groups in total. The number of aliphatic hydroxyl groups is 1. The van der Waals surface area contributed by atoms with Gasteiger partial charge in [-0.3, -0.25) is 4.79 Å². The predicted molar refractivity (Wildman–Crippen MR) is 233 cm³/mol. The summed E-state index contributed by atoms with van der Waals surface area (Å²) < 4.78 is 73.8. The number of nitrogens with one attached hydrogen (secondary N) is 2. The number of aliphatic carboxylic acids is 1. The number of likely N-dealkylation sites (tertiary alicyclic amines) is 2. The number of carbonyl (C=O) groups is 3. The van der Waals surface area contributed by atoms with Crippen LogP contribution < -0.4 is 10.1 Å². The summed E-state index contributed by atoms with van der Waals surface area (Å²) in [6, 6.07) is 16.3. The van der Waals surface area contributed by atoms with Crippen molar-refractivity contribution in [2.75, 3.05) is 38.0 Å². The lowest BCUT2D eigenvalue weighted by Crippen LogP contribution is -2.45. The van der Waals surface area contributed by atoms with Crippen molar-refractivity contribution in [2.45, 2.75) is 90.7 Å². The van der Waals surface area contributed by atoms with Gasteiger partial charge in [-0.15, -0.1) is 0 Å². The number of piperidine rings is 2. The Labute approximate surface area is 373 Å². The zero-order valence-corrected chi connectivity index (χ0v) is 37.0. The molecule has 0 aliphatic carbocycles. The molecular weight excluding hydrogens is 856 g/mol. The number of halogens is 5. The van der Waals surface area contributed by atoms with Crippen LogP contribution >= 0.6 is 0 Å². The third kappa shape index (κ3) is 12.6. The molecule has 2 fully saturated rings. The number of anilines is 1. The van der Waals surface area contributed by atoms with Gasteiger partial charge in [0.05, 0.1) is 16.9 Å². The molecule has 13 nitrogen and oxygen atoms in total. The number of nitrogens with zero attached hydrogens (tertiary/aromatic N) is 4. The average molecular weight is 909 g/mol. The lowest BCUT2D eigenvalue weighted by atomic mass is 9.95. The second kappa shape index (κ2) is 19.5. The molecule has 2 aromatic heterocycles. The van der Waals surface area contributed by atoms with Gasteiger partial charge in [0.1, 0.15) is 41.1 Å². The molecule has 4 heterocycles. The number of fused-ring (bicyclic) bond motifs is 1. The summed E-state index contributed by atoms with van der Waals surface area (Å²) in [5.74, 6) is -3.54. The molecule has 348 valence electrons. The molecule has 2 aliphatic heterocycles. The second-order valence-electron chi connectivity index (χ2n) is 17.9. The van der Waals surface area contributed by atoms with E-state index in [0.717, 1.165) is 81.5 Å². The third-order valence-corrected chi connectivity index (χ3v) is 11.2. The standard InChI is InChI=1S/C45H52F2N6O5.C2HF3O2/c1-27-35(22-31(46)23-38(27)51-42(54)34-12-9-30(21-37(34)47)45(5,6)56)40-36-24-39(50-41(36)49-26-48-40)29-7-10-32(11-8-29)57-33-15-17-52(18-16-33)25-28-13-19-53(20-14-28)43(55)58-44(2,3)4;3-2(4,5)1(6)7/h7-12,21-24,26,28,33,56H,13-20,25H2,1-6H3,(H,51,54)(H,48,49,50);(H,6,7). The molecule has 3 aromatic carbocycles. The van der Waals surface area contributed by atoms with Crippen LogP contribution in [0.5, 0.6) is 5.75 Å². The number of hydrogen-bond acceptors (Lipinski definition) is 9. The number of carboxylic acid groups (broad SMARTS) is 1. The number of benzene rings is 3. The Balaban J connectivity index is 0.000000925. The van der Waals surface area contributed by atoms with Crippen LogP contribution in [-0.2, 0) is 15.1 Å². The highest BCUT2D eigenvalue weighted by Crippen LogP contribution is 2.36. The van der Waals surface area contributed by atoms with Crippen LogP contribution in [0, 0.1) is 24.5 Å². The first-order valence-corrected chi connectivity index (χ1v) is 21.2. The molecule has 2 amide bonds. The number of ether oxygens (including phenoxy) is 2. The van der Waals surface area contributed by atoms with E-state index in [-0.39, 0.29) is 23.4 Å². The number of rotatable bonds is 9. The highest BCUT2D eigenvalue weighted by molar-refractivity contribution is 6.06. The van der Waals surface area contributed by atoms with Crippen LogP contribution in [0.4, 0.5) is 32.4 Å². The molecule has 5 aromatic rings. The Morgan fingerprint density at radius 3 is 2.11 bits per heavy atom. The zero-order chi connectivity index (χ0) is 47.4. The summed E-state index contributed by atoms with van der Waals surface area (Å²) in [6.45, 7) is 14.9. The highest BCUT2D eigenvalue weighted by atomic mass is 19.4. The summed E-state index contributed by atoms with van der Waals surface area (Å²) >= 11 is 0. The maximum absolute atomic E-state index is 15.1. The van der Waals surface area contributed by atoms with Crippen LogP contribution in [0.2, 0.25) is 0 Å². The largest absolute Gasteiger partial charge is 0.490 e. The van der Waals surface area contributed by atoms with Gasteiger partial charge in [-0.2, -0.15) is 13.2 Å². The molecular formula is C47H53F5N6O7. The smallest absolute Gasteiger partial charge is 0.490 e. The SMILES string of the molecule is Cc1c(NC(=O)c2ccc(C(C)(C)O)cc2F)cc(F)cc1-c1ncnc2[nH]c(-c3ccc(OC4CCN(CC5CCN(C(=O)OC(C)(C)C)CC5)CC4)cc3)cc12.O=C(O)C(F)(F)F. The van der Waals surface area contributed by atoms with Gasteiger partial charge < -0.3 is 39.8 Å². The maximum atomic E-state index is 15.1. The van der Waals surface area contributed by atoms with Crippen LogP contribution in [-0.4, -0.2) is 104 Å². The maximum Gasteiger partial charge on any atom is 0.490 e. The first-order chi connectivity index (χ1) is 30.4. The number of carboxylic acids is 1. The van der Waals surface area contributed by atoms with Crippen LogP contribution in [0.3, 0.4) is 0 Å². The fourth-order valence-corrected chi connectivity index (χ4v) is 7.74. The van der Waals surface area contributed by atoms with Crippen LogP contribution in [0.1, 0.15) is 81.8 Å². The third-order valence-electron chi connectivity index (χ3n) is 11.2. The van der Waals surface area contributed by atoms with Crippen molar-refractivity contribution in [3.05, 3.63) is 95.3 Å². The number of H-pyrrole nitrogens is 1. The summed E-state index contributed by atoms with van der Waals surface area (Å²) in [6.07, 6.45) is 0.0968. The lowest BCUT2D eigenvalue weighted by Gasteiger charge is -2.38. The van der Waals surface area contributed by atoms with E-state index in [0.29, 0.717) is 39.3 Å². The first kappa shape index (κ1) is 48.3. The summed E-state index contributed by atoms with van der Waals surface area (Å²) in [5.41, 5.74) is 2.22. The number of alkyl halides is 3. The van der Waals surface area contributed by atoms with E-state index in [9.17, 15) is 32.3 Å². The van der Waals surface area contributed by atoms with Gasteiger partial charge in [-0.25, -0.2) is 28.3 Å².